The number of halogens is 1. The second-order valence-corrected chi connectivity index (χ2v) is 11.0. The van der Waals surface area contributed by atoms with Crippen molar-refractivity contribution in [2.75, 3.05) is 0 Å². The van der Waals surface area contributed by atoms with Gasteiger partial charge in [0, 0.05) is 33.1 Å². The molecular weight excluding hydrogens is 492 g/mol. The lowest BCUT2D eigenvalue weighted by molar-refractivity contribution is -0.130. The van der Waals surface area contributed by atoms with E-state index in [9.17, 15) is 19.6 Å². The second kappa shape index (κ2) is 7.61. The third-order valence-corrected chi connectivity index (χ3v) is 7.72. The molecule has 2 heterocycles. The van der Waals surface area contributed by atoms with E-state index in [0.29, 0.717) is 16.7 Å². The van der Waals surface area contributed by atoms with Gasteiger partial charge in [-0.25, -0.2) is 0 Å². The van der Waals surface area contributed by atoms with Crippen molar-refractivity contribution in [2.24, 2.45) is 10.8 Å². The van der Waals surface area contributed by atoms with Crippen molar-refractivity contribution >= 4 is 33.3 Å². The molecule has 1 spiro atoms. The van der Waals surface area contributed by atoms with E-state index in [0.717, 1.165) is 10.0 Å². The van der Waals surface area contributed by atoms with Crippen molar-refractivity contribution in [1.82, 2.24) is 4.90 Å². The van der Waals surface area contributed by atoms with Gasteiger partial charge in [-0.15, -0.1) is 0 Å². The van der Waals surface area contributed by atoms with Gasteiger partial charge in [0.2, 0.25) is 0 Å². The fourth-order valence-electron chi connectivity index (χ4n) is 5.71. The van der Waals surface area contributed by atoms with Crippen LogP contribution in [0.4, 0.5) is 0 Å². The van der Waals surface area contributed by atoms with Gasteiger partial charge in [-0.1, -0.05) is 79.2 Å². The molecule has 2 aliphatic heterocycles. The maximum absolute atomic E-state index is 14.2. The quantitative estimate of drug-likeness (QED) is 0.511. The number of hydrogen-bond acceptors (Lipinski definition) is 5. The van der Waals surface area contributed by atoms with Crippen molar-refractivity contribution in [1.29, 1.82) is 5.26 Å². The summed E-state index contributed by atoms with van der Waals surface area (Å²) in [6, 6.07) is 15.0. The Morgan fingerprint density at radius 2 is 1.62 bits per heavy atom. The molecule has 170 valence electrons. The van der Waals surface area contributed by atoms with Gasteiger partial charge in [-0.05, 0) is 23.8 Å². The number of allylic oxidation sites excluding steroid dienone is 2. The molecule has 34 heavy (non-hydrogen) atoms. The lowest BCUT2D eigenvalue weighted by atomic mass is 9.63. The Bertz CT molecular complexity index is 1310. The largest absolute Gasteiger partial charge is 0.358 e. The molecule has 3 aliphatic rings. The summed E-state index contributed by atoms with van der Waals surface area (Å²) >= 11 is 3.46. The van der Waals surface area contributed by atoms with Crippen LogP contribution in [0.3, 0.4) is 0 Å². The second-order valence-electron chi connectivity index (χ2n) is 10.1. The number of nitriles is 1. The predicted octanol–water partition coefficient (Wildman–Crippen LogP) is 5.24. The number of benzene rings is 2. The summed E-state index contributed by atoms with van der Waals surface area (Å²) in [5, 5.41) is 9.59. The molecule has 1 aliphatic carbocycles. The summed E-state index contributed by atoms with van der Waals surface area (Å²) in [4.78, 5) is 44.2. The van der Waals surface area contributed by atoms with Gasteiger partial charge in [0.05, 0.1) is 17.7 Å². The average Bonchev–Trinajstić information content (AvgIpc) is 3.24. The van der Waals surface area contributed by atoms with E-state index in [1.807, 2.05) is 45.0 Å². The molecule has 1 fully saturated rings. The Hall–Kier alpha value is -3.30. The zero-order chi connectivity index (χ0) is 24.4. The Labute approximate surface area is 206 Å². The first-order chi connectivity index (χ1) is 16.1. The highest BCUT2D eigenvalue weighted by atomic mass is 79.9. The highest BCUT2D eigenvalue weighted by Crippen LogP contribution is 2.60. The van der Waals surface area contributed by atoms with Crippen LogP contribution in [0.1, 0.15) is 53.0 Å². The van der Waals surface area contributed by atoms with E-state index in [2.05, 4.69) is 22.0 Å². The van der Waals surface area contributed by atoms with Gasteiger partial charge in [0.15, 0.2) is 17.3 Å². The first-order valence-electron chi connectivity index (χ1n) is 11.2. The van der Waals surface area contributed by atoms with Crippen molar-refractivity contribution in [2.45, 2.75) is 38.8 Å². The fraction of sp³-hybridized carbons (Fsp3) is 0.286. The maximum atomic E-state index is 14.2. The smallest absolute Gasteiger partial charge is 0.180 e. The van der Waals surface area contributed by atoms with Crippen molar-refractivity contribution < 1.29 is 14.4 Å². The first kappa shape index (κ1) is 22.5. The normalized spacial score (nSPS) is 24.6. The molecule has 3 atom stereocenters. The van der Waals surface area contributed by atoms with E-state index >= 15 is 0 Å². The van der Waals surface area contributed by atoms with Gasteiger partial charge < -0.3 is 4.90 Å². The van der Waals surface area contributed by atoms with Crippen molar-refractivity contribution in [3.8, 4) is 6.07 Å². The van der Waals surface area contributed by atoms with E-state index in [1.165, 1.54) is 0 Å². The third-order valence-electron chi connectivity index (χ3n) is 7.20. The van der Waals surface area contributed by atoms with E-state index in [4.69, 9.17) is 0 Å². The van der Waals surface area contributed by atoms with Gasteiger partial charge in [-0.3, -0.25) is 14.4 Å². The fourth-order valence-corrected chi connectivity index (χ4v) is 5.98. The van der Waals surface area contributed by atoms with E-state index in [1.54, 1.807) is 47.5 Å². The average molecular weight is 515 g/mol. The molecule has 2 aromatic rings. The summed E-state index contributed by atoms with van der Waals surface area (Å²) < 4.78 is 0.860. The standard InChI is InChI=1S/C28H23BrN2O3/c1-27(2,3)26(34)23-22(17-9-11-18(29)12-10-17)28(21-13-8-16(14-30)15-31(21)23)24(32)19-6-4-5-7-20(19)25(28)33/h4-13,15,21-23H,1-3H3/t21-,22-,23+/m1/s1. The molecule has 5 rings (SSSR count). The van der Waals surface area contributed by atoms with Crippen LogP contribution >= 0.6 is 15.9 Å². The summed E-state index contributed by atoms with van der Waals surface area (Å²) in [6.45, 7) is 5.53. The molecule has 0 saturated carbocycles. The molecule has 0 aromatic heterocycles. The first-order valence-corrected chi connectivity index (χ1v) is 12.0. The van der Waals surface area contributed by atoms with Crippen molar-refractivity contribution in [3.63, 3.8) is 0 Å². The Kier molecular flexibility index (Phi) is 5.03. The van der Waals surface area contributed by atoms with Crippen molar-refractivity contribution in [3.05, 3.63) is 93.6 Å². The van der Waals surface area contributed by atoms with Gasteiger partial charge in [-0.2, -0.15) is 5.26 Å². The van der Waals surface area contributed by atoms with Crippen LogP contribution in [0.15, 0.2) is 76.9 Å². The minimum absolute atomic E-state index is 0.0808. The lowest BCUT2D eigenvalue weighted by Gasteiger charge is -2.34. The molecule has 0 unspecified atom stereocenters. The molecule has 1 saturated heterocycles. The molecule has 6 heteroatoms. The maximum Gasteiger partial charge on any atom is 0.180 e. The van der Waals surface area contributed by atoms with Gasteiger partial charge >= 0.3 is 0 Å². The summed E-state index contributed by atoms with van der Waals surface area (Å²) in [5.41, 5.74) is -0.325. The van der Waals surface area contributed by atoms with Crippen LogP contribution in [0.5, 0.6) is 0 Å². The Balaban J connectivity index is 1.84. The highest BCUT2D eigenvalue weighted by molar-refractivity contribution is 9.10. The van der Waals surface area contributed by atoms with Crippen LogP contribution in [-0.2, 0) is 4.79 Å². The van der Waals surface area contributed by atoms with Crippen LogP contribution in [-0.4, -0.2) is 34.3 Å². The molecule has 0 bridgehead atoms. The minimum atomic E-state index is -1.50. The summed E-state index contributed by atoms with van der Waals surface area (Å²) in [7, 11) is 0. The summed E-state index contributed by atoms with van der Waals surface area (Å²) in [6.07, 6.45) is 5.04. The van der Waals surface area contributed by atoms with Crippen LogP contribution in [0.2, 0.25) is 0 Å². The number of hydrogen-bond donors (Lipinski definition) is 0. The lowest BCUT2D eigenvalue weighted by Crippen LogP contribution is -2.47. The zero-order valence-electron chi connectivity index (χ0n) is 19.1. The minimum Gasteiger partial charge on any atom is -0.358 e. The molecule has 0 N–H and O–H groups in total. The van der Waals surface area contributed by atoms with Gasteiger partial charge in [0.25, 0.3) is 0 Å². The molecule has 5 nitrogen and oxygen atoms in total. The number of nitrogens with zero attached hydrogens (tertiary/aromatic N) is 2. The van der Waals surface area contributed by atoms with Crippen LogP contribution < -0.4 is 0 Å². The Morgan fingerprint density at radius 1 is 1.03 bits per heavy atom. The molecular formula is C28H23BrN2O3. The molecule has 2 aromatic carbocycles. The number of fused-ring (bicyclic) bond motifs is 3. The van der Waals surface area contributed by atoms with E-state index in [-0.39, 0.29) is 17.3 Å². The summed E-state index contributed by atoms with van der Waals surface area (Å²) in [5.74, 6) is -1.33. The van der Waals surface area contributed by atoms with Gasteiger partial charge in [0.1, 0.15) is 11.5 Å². The number of carbonyl (C=O) groups is 3. The molecule has 0 radical (unpaired) electrons. The predicted molar refractivity (Wildman–Crippen MR) is 131 cm³/mol. The number of Topliss-reactive ketones (excluding diaryl/α,β-unsaturated/α-hetero) is 3. The topological polar surface area (TPSA) is 78.2 Å². The monoisotopic (exact) mass is 514 g/mol. The van der Waals surface area contributed by atoms with Crippen LogP contribution in [0.25, 0.3) is 0 Å². The van der Waals surface area contributed by atoms with E-state index < -0.39 is 28.8 Å². The number of ketones is 3. The number of carbonyl (C=O) groups excluding carboxylic acids is 3. The molecule has 0 amide bonds. The Morgan fingerprint density at radius 3 is 2.15 bits per heavy atom. The SMILES string of the molecule is CC(C)(C)C(=O)[C@@H]1[C@@H](c2ccc(Br)cc2)C2(C(=O)c3ccccc3C2=O)[C@H]2C=CC(C#N)=CN12. The third kappa shape index (κ3) is 2.93. The number of rotatable bonds is 2. The highest BCUT2D eigenvalue weighted by Gasteiger charge is 2.71. The van der Waals surface area contributed by atoms with Crippen LogP contribution in [0, 0.1) is 22.2 Å². The zero-order valence-corrected chi connectivity index (χ0v) is 20.7.